The Morgan fingerprint density at radius 3 is 2.37 bits per heavy atom. The van der Waals surface area contributed by atoms with Gasteiger partial charge in [0.05, 0.1) is 0 Å². The Labute approximate surface area is 164 Å². The molecular formula is C21H11Cl2N3O. The van der Waals surface area contributed by atoms with E-state index in [-0.39, 0.29) is 5.28 Å². The lowest BCUT2D eigenvalue weighted by molar-refractivity contribution is 0.669. The lowest BCUT2D eigenvalue weighted by Crippen LogP contribution is -1.97. The zero-order chi connectivity index (χ0) is 18.4. The van der Waals surface area contributed by atoms with E-state index in [9.17, 15) is 0 Å². The molecule has 130 valence electrons. The van der Waals surface area contributed by atoms with Crippen molar-refractivity contribution < 1.29 is 4.42 Å². The number of halogens is 2. The number of rotatable bonds is 2. The fraction of sp³-hybridized carbons (Fsp3) is 0. The summed E-state index contributed by atoms with van der Waals surface area (Å²) < 4.78 is 5.95. The zero-order valence-electron chi connectivity index (χ0n) is 13.9. The van der Waals surface area contributed by atoms with Gasteiger partial charge >= 0.3 is 0 Å². The molecule has 2 heterocycles. The van der Waals surface area contributed by atoms with Crippen molar-refractivity contribution >= 4 is 45.1 Å². The van der Waals surface area contributed by atoms with E-state index in [1.165, 1.54) is 0 Å². The van der Waals surface area contributed by atoms with Crippen molar-refractivity contribution in [3.05, 3.63) is 77.0 Å². The SMILES string of the molecule is Clc1ccc2oc3cccc(-c4nc(Cl)nc(-c5ccccc5)n4)c3c2c1. The standard InChI is InChI=1S/C21H11Cl2N3O/c22-13-9-10-16-15(11-13)18-14(7-4-8-17(18)27-16)20-24-19(25-21(23)26-20)12-5-2-1-3-6-12/h1-11H. The van der Waals surface area contributed by atoms with Gasteiger partial charge in [-0.05, 0) is 35.9 Å². The smallest absolute Gasteiger partial charge is 0.226 e. The molecule has 0 atom stereocenters. The summed E-state index contributed by atoms with van der Waals surface area (Å²) in [5, 5.41) is 2.59. The van der Waals surface area contributed by atoms with Crippen molar-refractivity contribution in [3.8, 4) is 22.8 Å². The summed E-state index contributed by atoms with van der Waals surface area (Å²) in [6, 6.07) is 21.0. The van der Waals surface area contributed by atoms with Crippen LogP contribution in [-0.2, 0) is 0 Å². The van der Waals surface area contributed by atoms with Crippen molar-refractivity contribution in [2.75, 3.05) is 0 Å². The Kier molecular flexibility index (Phi) is 3.81. The minimum atomic E-state index is 0.140. The summed E-state index contributed by atoms with van der Waals surface area (Å²) in [4.78, 5) is 13.3. The minimum absolute atomic E-state index is 0.140. The van der Waals surface area contributed by atoms with Crippen molar-refractivity contribution in [2.24, 2.45) is 0 Å². The third kappa shape index (κ3) is 2.83. The number of hydrogen-bond donors (Lipinski definition) is 0. The molecule has 0 bridgehead atoms. The highest BCUT2D eigenvalue weighted by molar-refractivity contribution is 6.32. The largest absolute Gasteiger partial charge is 0.456 e. The molecule has 0 amide bonds. The molecule has 27 heavy (non-hydrogen) atoms. The lowest BCUT2D eigenvalue weighted by Gasteiger charge is -2.06. The Morgan fingerprint density at radius 2 is 1.52 bits per heavy atom. The van der Waals surface area contributed by atoms with Gasteiger partial charge in [-0.25, -0.2) is 4.98 Å². The molecule has 0 aliphatic rings. The van der Waals surface area contributed by atoms with Crippen LogP contribution in [0.15, 0.2) is 71.1 Å². The van der Waals surface area contributed by atoms with Gasteiger partial charge in [0.25, 0.3) is 0 Å². The molecule has 6 heteroatoms. The maximum atomic E-state index is 6.21. The average molecular weight is 392 g/mol. The highest BCUT2D eigenvalue weighted by atomic mass is 35.5. The van der Waals surface area contributed by atoms with Crippen LogP contribution in [0.2, 0.25) is 10.3 Å². The van der Waals surface area contributed by atoms with E-state index in [1.54, 1.807) is 6.07 Å². The van der Waals surface area contributed by atoms with Crippen LogP contribution in [0.25, 0.3) is 44.7 Å². The van der Waals surface area contributed by atoms with E-state index in [4.69, 9.17) is 27.6 Å². The van der Waals surface area contributed by atoms with E-state index in [0.29, 0.717) is 16.7 Å². The van der Waals surface area contributed by atoms with Crippen LogP contribution in [0.3, 0.4) is 0 Å². The summed E-state index contributed by atoms with van der Waals surface area (Å²) >= 11 is 12.4. The van der Waals surface area contributed by atoms with Crippen LogP contribution < -0.4 is 0 Å². The minimum Gasteiger partial charge on any atom is -0.456 e. The van der Waals surface area contributed by atoms with Crippen LogP contribution in [0.5, 0.6) is 0 Å². The Bertz CT molecular complexity index is 1300. The molecule has 0 saturated heterocycles. The molecule has 5 aromatic rings. The molecule has 0 radical (unpaired) electrons. The second-order valence-electron chi connectivity index (χ2n) is 6.04. The van der Waals surface area contributed by atoms with Gasteiger partial charge in [0.15, 0.2) is 11.6 Å². The number of furan rings is 1. The molecule has 2 aromatic heterocycles. The molecular weight excluding hydrogens is 381 g/mol. The molecule has 0 spiro atoms. The number of hydrogen-bond acceptors (Lipinski definition) is 4. The predicted molar refractivity (Wildman–Crippen MR) is 108 cm³/mol. The van der Waals surface area contributed by atoms with Gasteiger partial charge in [0.2, 0.25) is 5.28 Å². The summed E-state index contributed by atoms with van der Waals surface area (Å²) in [6.07, 6.45) is 0. The molecule has 0 aliphatic heterocycles. The summed E-state index contributed by atoms with van der Waals surface area (Å²) in [7, 11) is 0. The molecule has 0 N–H and O–H groups in total. The third-order valence-corrected chi connectivity index (χ3v) is 4.74. The van der Waals surface area contributed by atoms with Crippen LogP contribution in [-0.4, -0.2) is 15.0 Å². The maximum Gasteiger partial charge on any atom is 0.226 e. The molecule has 4 nitrogen and oxygen atoms in total. The predicted octanol–water partition coefficient (Wildman–Crippen LogP) is 6.41. The van der Waals surface area contributed by atoms with Crippen molar-refractivity contribution in [1.29, 1.82) is 0 Å². The second-order valence-corrected chi connectivity index (χ2v) is 6.81. The van der Waals surface area contributed by atoms with Gasteiger partial charge in [-0.1, -0.05) is 54.1 Å². The van der Waals surface area contributed by atoms with Gasteiger partial charge in [-0.15, -0.1) is 0 Å². The van der Waals surface area contributed by atoms with Gasteiger partial charge in [0, 0.05) is 26.9 Å². The fourth-order valence-corrected chi connectivity index (χ4v) is 3.50. The van der Waals surface area contributed by atoms with Crippen LogP contribution in [0.1, 0.15) is 0 Å². The van der Waals surface area contributed by atoms with E-state index in [0.717, 1.165) is 33.1 Å². The van der Waals surface area contributed by atoms with Crippen molar-refractivity contribution in [2.45, 2.75) is 0 Å². The summed E-state index contributed by atoms with van der Waals surface area (Å²) in [6.45, 7) is 0. The Morgan fingerprint density at radius 1 is 0.704 bits per heavy atom. The van der Waals surface area contributed by atoms with Gasteiger partial charge < -0.3 is 4.42 Å². The monoisotopic (exact) mass is 391 g/mol. The maximum absolute atomic E-state index is 6.21. The number of fused-ring (bicyclic) bond motifs is 3. The van der Waals surface area contributed by atoms with Crippen molar-refractivity contribution in [3.63, 3.8) is 0 Å². The van der Waals surface area contributed by atoms with E-state index in [2.05, 4.69) is 15.0 Å². The van der Waals surface area contributed by atoms with Crippen LogP contribution >= 0.6 is 23.2 Å². The summed E-state index contributed by atoms with van der Waals surface area (Å²) in [5.41, 5.74) is 3.18. The molecule has 3 aromatic carbocycles. The molecule has 0 fully saturated rings. The molecule has 0 saturated carbocycles. The lowest BCUT2D eigenvalue weighted by atomic mass is 10.1. The average Bonchev–Trinajstić information content (AvgIpc) is 3.06. The molecule has 0 unspecified atom stereocenters. The van der Waals surface area contributed by atoms with Crippen LogP contribution in [0, 0.1) is 0 Å². The van der Waals surface area contributed by atoms with Crippen LogP contribution in [0.4, 0.5) is 0 Å². The number of aromatic nitrogens is 3. The Hall–Kier alpha value is -2.95. The second kappa shape index (κ2) is 6.34. The van der Waals surface area contributed by atoms with E-state index >= 15 is 0 Å². The first kappa shape index (κ1) is 16.2. The molecule has 5 rings (SSSR count). The first-order valence-corrected chi connectivity index (χ1v) is 9.03. The zero-order valence-corrected chi connectivity index (χ0v) is 15.4. The van der Waals surface area contributed by atoms with Gasteiger partial charge in [-0.3, -0.25) is 0 Å². The molecule has 0 aliphatic carbocycles. The summed E-state index contributed by atoms with van der Waals surface area (Å²) in [5.74, 6) is 1.01. The first-order chi connectivity index (χ1) is 13.2. The van der Waals surface area contributed by atoms with E-state index in [1.807, 2.05) is 60.7 Å². The topological polar surface area (TPSA) is 51.8 Å². The van der Waals surface area contributed by atoms with Gasteiger partial charge in [-0.2, -0.15) is 9.97 Å². The van der Waals surface area contributed by atoms with E-state index < -0.39 is 0 Å². The van der Waals surface area contributed by atoms with Gasteiger partial charge in [0.1, 0.15) is 11.2 Å². The Balaban J connectivity index is 1.80. The highest BCUT2D eigenvalue weighted by Gasteiger charge is 2.16. The number of benzene rings is 3. The fourth-order valence-electron chi connectivity index (χ4n) is 3.17. The third-order valence-electron chi connectivity index (χ3n) is 4.34. The quantitative estimate of drug-likeness (QED) is 0.348. The van der Waals surface area contributed by atoms with Crippen molar-refractivity contribution in [1.82, 2.24) is 15.0 Å². The first-order valence-electron chi connectivity index (χ1n) is 8.27. The highest BCUT2D eigenvalue weighted by Crippen LogP contribution is 2.37. The number of nitrogens with zero attached hydrogens (tertiary/aromatic N) is 3. The normalized spacial score (nSPS) is 11.3.